The van der Waals surface area contributed by atoms with E-state index in [1.54, 1.807) is 0 Å². The molecule has 0 saturated carbocycles. The molecule has 0 radical (unpaired) electrons. The highest BCUT2D eigenvalue weighted by molar-refractivity contribution is 6.36. The van der Waals surface area contributed by atoms with E-state index in [-0.39, 0.29) is 0 Å². The van der Waals surface area contributed by atoms with Gasteiger partial charge in [-0.3, -0.25) is 0 Å². The van der Waals surface area contributed by atoms with Crippen molar-refractivity contribution in [1.29, 1.82) is 0 Å². The third-order valence-corrected chi connectivity index (χ3v) is 9.02. The highest BCUT2D eigenvalue weighted by Crippen LogP contribution is 2.44. The third kappa shape index (κ3) is 2.87. The molecule has 0 aliphatic heterocycles. The van der Waals surface area contributed by atoms with Crippen LogP contribution in [-0.4, -0.2) is 4.57 Å². The average molecular weight is 510 g/mol. The summed E-state index contributed by atoms with van der Waals surface area (Å²) in [6.45, 7) is 2.33. The second-order valence-corrected chi connectivity index (χ2v) is 11.4. The smallest absolute Gasteiger partial charge is 0.0626 e. The highest BCUT2D eigenvalue weighted by Gasteiger charge is 2.21. The molecule has 1 unspecified atom stereocenters. The Labute approximate surface area is 231 Å². The van der Waals surface area contributed by atoms with Crippen LogP contribution in [0.2, 0.25) is 0 Å². The maximum atomic E-state index is 2.57. The first-order chi connectivity index (χ1) is 19.8. The monoisotopic (exact) mass is 509 g/mol. The molecule has 7 aromatic carbocycles. The fraction of sp³-hybridized carbons (Fsp3) is 0.0769. The van der Waals surface area contributed by atoms with Gasteiger partial charge in [-0.2, -0.15) is 0 Å². The zero-order valence-corrected chi connectivity index (χ0v) is 22.4. The standard InChI is InChI=1S/C39H27N/c1-24-18-20-30-34(22-24)27-12-4-3-11-26(27)23-36(30)40-35-17-9-8-16-33(35)38-37-28-13-5-2-10-25(28)19-21-31(37)29-14-6-7-15-32(29)39(38)40/h2-17,19-24H,18H2,1H3. The summed E-state index contributed by atoms with van der Waals surface area (Å²) in [5.41, 5.74) is 3.82. The van der Waals surface area contributed by atoms with Gasteiger partial charge in [0.1, 0.15) is 0 Å². The first kappa shape index (κ1) is 22.0. The van der Waals surface area contributed by atoms with Gasteiger partial charge in [0.2, 0.25) is 0 Å². The van der Waals surface area contributed by atoms with Crippen LogP contribution in [0.5, 0.6) is 0 Å². The second-order valence-electron chi connectivity index (χ2n) is 11.4. The Bertz CT molecular complexity index is 2470. The number of hydrogen-bond donors (Lipinski definition) is 0. The van der Waals surface area contributed by atoms with Crippen LogP contribution in [0.4, 0.5) is 0 Å². The Morgan fingerprint density at radius 2 is 1.23 bits per heavy atom. The van der Waals surface area contributed by atoms with Crippen molar-refractivity contribution >= 4 is 77.0 Å². The van der Waals surface area contributed by atoms with Crippen LogP contribution in [0.25, 0.3) is 82.7 Å². The van der Waals surface area contributed by atoms with Crippen LogP contribution in [0.1, 0.15) is 13.3 Å². The number of rotatable bonds is 1. The lowest BCUT2D eigenvalue weighted by Gasteiger charge is -2.17. The van der Waals surface area contributed by atoms with Crippen molar-refractivity contribution < 1.29 is 0 Å². The molecule has 188 valence electrons. The zero-order chi connectivity index (χ0) is 26.4. The minimum Gasteiger partial charge on any atom is -0.308 e. The van der Waals surface area contributed by atoms with Crippen molar-refractivity contribution in [3.8, 4) is 5.69 Å². The van der Waals surface area contributed by atoms with Gasteiger partial charge in [-0.1, -0.05) is 122 Å². The molecule has 1 heterocycles. The summed E-state index contributed by atoms with van der Waals surface area (Å²) >= 11 is 0. The lowest BCUT2D eigenvalue weighted by molar-refractivity contribution is 0.800. The maximum absolute atomic E-state index is 2.57. The second kappa shape index (κ2) is 8.07. The molecule has 1 atom stereocenters. The third-order valence-electron chi connectivity index (χ3n) is 9.02. The van der Waals surface area contributed by atoms with Gasteiger partial charge in [0.25, 0.3) is 0 Å². The fourth-order valence-electron chi connectivity index (χ4n) is 7.30. The maximum Gasteiger partial charge on any atom is 0.0626 e. The van der Waals surface area contributed by atoms with Crippen molar-refractivity contribution in [3.63, 3.8) is 0 Å². The van der Waals surface area contributed by atoms with Gasteiger partial charge in [-0.05, 0) is 62.0 Å². The molecule has 1 aliphatic carbocycles. The summed E-state index contributed by atoms with van der Waals surface area (Å²) in [4.78, 5) is 0. The summed E-state index contributed by atoms with van der Waals surface area (Å²) < 4.78 is 2.57. The Morgan fingerprint density at radius 1 is 0.550 bits per heavy atom. The lowest BCUT2D eigenvalue weighted by Crippen LogP contribution is -2.33. The van der Waals surface area contributed by atoms with E-state index in [1.165, 1.54) is 81.0 Å². The number of nitrogens with zero attached hydrogens (tertiary/aromatic N) is 1. The minimum atomic E-state index is 0.528. The molecule has 8 aromatic rings. The van der Waals surface area contributed by atoms with Crippen LogP contribution in [0.15, 0.2) is 115 Å². The average Bonchev–Trinajstić information content (AvgIpc) is 3.35. The molecule has 0 spiro atoms. The van der Waals surface area contributed by atoms with E-state index in [0.717, 1.165) is 6.42 Å². The van der Waals surface area contributed by atoms with Crippen LogP contribution in [-0.2, 0) is 0 Å². The van der Waals surface area contributed by atoms with Gasteiger partial charge in [-0.15, -0.1) is 0 Å². The lowest BCUT2D eigenvalue weighted by atomic mass is 9.92. The fourth-order valence-corrected chi connectivity index (χ4v) is 7.30. The molecular formula is C39H27N. The molecule has 40 heavy (non-hydrogen) atoms. The van der Waals surface area contributed by atoms with Crippen LogP contribution < -0.4 is 10.4 Å². The van der Waals surface area contributed by atoms with Crippen molar-refractivity contribution in [3.05, 3.63) is 126 Å². The van der Waals surface area contributed by atoms with Crippen LogP contribution in [0.3, 0.4) is 0 Å². The van der Waals surface area contributed by atoms with E-state index in [1.807, 2.05) is 0 Å². The Kier molecular flexibility index (Phi) is 4.43. The number of aromatic nitrogens is 1. The van der Waals surface area contributed by atoms with E-state index in [0.29, 0.717) is 5.92 Å². The van der Waals surface area contributed by atoms with E-state index in [4.69, 9.17) is 0 Å². The van der Waals surface area contributed by atoms with Gasteiger partial charge in [0.05, 0.1) is 16.7 Å². The first-order valence-corrected chi connectivity index (χ1v) is 14.3. The highest BCUT2D eigenvalue weighted by atomic mass is 15.0. The molecule has 0 saturated heterocycles. The molecule has 0 bridgehead atoms. The van der Waals surface area contributed by atoms with E-state index in [9.17, 15) is 0 Å². The number of para-hydroxylation sites is 1. The zero-order valence-electron chi connectivity index (χ0n) is 22.4. The SMILES string of the molecule is CC1C=c2c(c(-n3c4ccccc4c4c5c6ccccc6ccc5c5ccccc5c43)cc3ccccc23)=CC1. The molecule has 1 heteroatoms. The molecule has 1 aromatic heterocycles. The predicted octanol–water partition coefficient (Wildman–Crippen LogP) is 9.00. The Morgan fingerprint density at radius 3 is 2.08 bits per heavy atom. The Balaban J connectivity index is 1.62. The normalized spacial score (nSPS) is 15.2. The van der Waals surface area contributed by atoms with E-state index in [2.05, 4.69) is 139 Å². The molecule has 1 aliphatic rings. The van der Waals surface area contributed by atoms with Crippen molar-refractivity contribution in [1.82, 2.24) is 4.57 Å². The topological polar surface area (TPSA) is 4.93 Å². The summed E-state index contributed by atoms with van der Waals surface area (Å²) in [7, 11) is 0. The molecule has 0 N–H and O–H groups in total. The van der Waals surface area contributed by atoms with Crippen molar-refractivity contribution in [2.24, 2.45) is 5.92 Å². The molecule has 0 fully saturated rings. The molecule has 9 rings (SSSR count). The van der Waals surface area contributed by atoms with Gasteiger partial charge in [0, 0.05) is 26.8 Å². The first-order valence-electron chi connectivity index (χ1n) is 14.3. The minimum absolute atomic E-state index is 0.528. The predicted molar refractivity (Wildman–Crippen MR) is 173 cm³/mol. The molecular weight excluding hydrogens is 482 g/mol. The quantitative estimate of drug-likeness (QED) is 0.195. The number of benzene rings is 7. The van der Waals surface area contributed by atoms with Gasteiger partial charge in [0.15, 0.2) is 0 Å². The largest absolute Gasteiger partial charge is 0.308 e. The summed E-state index contributed by atoms with van der Waals surface area (Å²) in [5, 5.41) is 15.9. The summed E-state index contributed by atoms with van der Waals surface area (Å²) in [5.74, 6) is 0.528. The van der Waals surface area contributed by atoms with Crippen LogP contribution in [0, 0.1) is 5.92 Å². The van der Waals surface area contributed by atoms with Crippen LogP contribution >= 0.6 is 0 Å². The van der Waals surface area contributed by atoms with E-state index >= 15 is 0 Å². The van der Waals surface area contributed by atoms with Gasteiger partial charge < -0.3 is 4.57 Å². The molecule has 1 nitrogen and oxygen atoms in total. The van der Waals surface area contributed by atoms with Gasteiger partial charge in [-0.25, -0.2) is 0 Å². The van der Waals surface area contributed by atoms with E-state index < -0.39 is 0 Å². The number of hydrogen-bond acceptors (Lipinski definition) is 0. The van der Waals surface area contributed by atoms with Crippen molar-refractivity contribution in [2.45, 2.75) is 13.3 Å². The van der Waals surface area contributed by atoms with Crippen molar-refractivity contribution in [2.75, 3.05) is 0 Å². The Hall–Kier alpha value is -4.88. The number of fused-ring (bicyclic) bond motifs is 13. The van der Waals surface area contributed by atoms with Gasteiger partial charge >= 0.3 is 0 Å². The summed E-state index contributed by atoms with van der Waals surface area (Å²) in [6, 6.07) is 42.7. The molecule has 0 amide bonds. The summed E-state index contributed by atoms with van der Waals surface area (Å²) in [6.07, 6.45) is 6.01.